The van der Waals surface area contributed by atoms with Gasteiger partial charge in [0.2, 0.25) is 0 Å². The second kappa shape index (κ2) is 6.38. The summed E-state index contributed by atoms with van der Waals surface area (Å²) >= 11 is 1.86. The van der Waals surface area contributed by atoms with Crippen LogP contribution in [0.3, 0.4) is 0 Å². The largest absolute Gasteiger partial charge is 0.326 e. The number of rotatable bonds is 4. The molecular weight excluding hydrogens is 252 g/mol. The number of thiophene rings is 1. The maximum Gasteiger partial charge on any atom is 0.0593 e. The average Bonchev–Trinajstić information content (AvgIpc) is 2.75. The lowest BCUT2D eigenvalue weighted by atomic mass is 9.85. The molecule has 2 rings (SSSR count). The molecular formula is C16H28N2S. The molecule has 1 aliphatic carbocycles. The molecule has 1 heterocycles. The third-order valence-electron chi connectivity index (χ3n) is 4.59. The average molecular weight is 280 g/mol. The van der Waals surface area contributed by atoms with Gasteiger partial charge >= 0.3 is 0 Å². The van der Waals surface area contributed by atoms with Gasteiger partial charge in [-0.3, -0.25) is 4.90 Å². The quantitative estimate of drug-likeness (QED) is 0.904. The molecule has 1 saturated carbocycles. The smallest absolute Gasteiger partial charge is 0.0593 e. The Morgan fingerprint density at radius 3 is 2.68 bits per heavy atom. The Balaban J connectivity index is 2.17. The third kappa shape index (κ3) is 3.39. The van der Waals surface area contributed by atoms with Gasteiger partial charge in [0.15, 0.2) is 0 Å². The summed E-state index contributed by atoms with van der Waals surface area (Å²) in [6, 6.07) is 3.46. The second-order valence-electron chi connectivity index (χ2n) is 6.36. The predicted octanol–water partition coefficient (Wildman–Crippen LogP) is 3.96. The molecule has 0 radical (unpaired) electrons. The van der Waals surface area contributed by atoms with E-state index in [1.165, 1.54) is 36.1 Å². The number of aryl methyl sites for hydroxylation is 1. The molecule has 1 aliphatic rings. The zero-order valence-corrected chi connectivity index (χ0v) is 13.5. The van der Waals surface area contributed by atoms with Gasteiger partial charge in [0.05, 0.1) is 6.04 Å². The van der Waals surface area contributed by atoms with Crippen LogP contribution in [0.2, 0.25) is 0 Å². The summed E-state index contributed by atoms with van der Waals surface area (Å²) in [7, 11) is 2.27. The van der Waals surface area contributed by atoms with Crippen LogP contribution in [-0.4, -0.2) is 24.0 Å². The highest BCUT2D eigenvalue weighted by atomic mass is 32.1. The highest BCUT2D eigenvalue weighted by Gasteiger charge is 2.31. The van der Waals surface area contributed by atoms with Crippen LogP contribution < -0.4 is 5.73 Å². The molecule has 4 unspecified atom stereocenters. The van der Waals surface area contributed by atoms with Gasteiger partial charge in [0.1, 0.15) is 0 Å². The van der Waals surface area contributed by atoms with Gasteiger partial charge < -0.3 is 5.73 Å². The minimum Gasteiger partial charge on any atom is -0.326 e. The van der Waals surface area contributed by atoms with E-state index in [-0.39, 0.29) is 6.04 Å². The number of nitrogens with zero attached hydrogens (tertiary/aromatic N) is 1. The van der Waals surface area contributed by atoms with Crippen molar-refractivity contribution in [2.75, 3.05) is 7.05 Å². The van der Waals surface area contributed by atoms with Crippen molar-refractivity contribution in [2.45, 2.75) is 64.6 Å². The molecule has 19 heavy (non-hydrogen) atoms. The Kier molecular flexibility index (Phi) is 5.04. The monoisotopic (exact) mass is 280 g/mol. The Bertz CT molecular complexity index is 399. The fourth-order valence-electron chi connectivity index (χ4n) is 3.48. The van der Waals surface area contributed by atoms with E-state index in [4.69, 9.17) is 5.73 Å². The van der Waals surface area contributed by atoms with E-state index in [1.807, 2.05) is 11.3 Å². The number of likely N-dealkylation sites (N-methyl/N-ethyl adjacent to an activating group) is 1. The van der Waals surface area contributed by atoms with Crippen LogP contribution >= 0.6 is 11.3 Å². The summed E-state index contributed by atoms with van der Waals surface area (Å²) in [5, 5.41) is 2.19. The van der Waals surface area contributed by atoms with E-state index >= 15 is 0 Å². The van der Waals surface area contributed by atoms with Crippen LogP contribution in [0.4, 0.5) is 0 Å². The Labute approximate surface area is 122 Å². The van der Waals surface area contributed by atoms with E-state index < -0.39 is 0 Å². The van der Waals surface area contributed by atoms with Crippen molar-refractivity contribution in [3.8, 4) is 0 Å². The van der Waals surface area contributed by atoms with E-state index in [0.29, 0.717) is 12.1 Å². The first-order chi connectivity index (χ1) is 9.00. The summed E-state index contributed by atoms with van der Waals surface area (Å²) in [4.78, 5) is 4.01. The first-order valence-electron chi connectivity index (χ1n) is 7.52. The molecule has 0 bridgehead atoms. The van der Waals surface area contributed by atoms with Gasteiger partial charge in [0.25, 0.3) is 0 Å². The molecule has 4 atom stereocenters. The van der Waals surface area contributed by atoms with Crippen LogP contribution in [0.5, 0.6) is 0 Å². The molecule has 108 valence electrons. The first-order valence-corrected chi connectivity index (χ1v) is 8.40. The lowest BCUT2D eigenvalue weighted by Gasteiger charge is -2.40. The molecule has 0 aliphatic heterocycles. The fraction of sp³-hybridized carbons (Fsp3) is 0.750. The van der Waals surface area contributed by atoms with E-state index in [1.54, 1.807) is 0 Å². The zero-order chi connectivity index (χ0) is 14.0. The van der Waals surface area contributed by atoms with E-state index in [9.17, 15) is 0 Å². The van der Waals surface area contributed by atoms with Crippen molar-refractivity contribution in [1.29, 1.82) is 0 Å². The second-order valence-corrected chi connectivity index (χ2v) is 7.31. The Morgan fingerprint density at radius 1 is 1.42 bits per heavy atom. The summed E-state index contributed by atoms with van der Waals surface area (Å²) in [6.07, 6.45) is 5.41. The maximum absolute atomic E-state index is 6.30. The SMILES string of the molecule is Cc1ccsc1C(C(C)N)N(C)C1CCCC(C)C1. The van der Waals surface area contributed by atoms with Gasteiger partial charge in [-0.25, -0.2) is 0 Å². The molecule has 3 heteroatoms. The molecule has 1 aromatic rings. The van der Waals surface area contributed by atoms with Crippen molar-refractivity contribution < 1.29 is 0 Å². The molecule has 0 spiro atoms. The molecule has 0 aromatic carbocycles. The molecule has 2 nitrogen and oxygen atoms in total. The number of nitrogens with two attached hydrogens (primary N) is 1. The predicted molar refractivity (Wildman–Crippen MR) is 84.6 cm³/mol. The number of hydrogen-bond acceptors (Lipinski definition) is 3. The summed E-state index contributed by atoms with van der Waals surface area (Å²) in [5.74, 6) is 0.861. The van der Waals surface area contributed by atoms with Crippen molar-refractivity contribution in [1.82, 2.24) is 4.90 Å². The lowest BCUT2D eigenvalue weighted by molar-refractivity contribution is 0.108. The molecule has 0 amide bonds. The van der Waals surface area contributed by atoms with Gasteiger partial charge in [-0.05, 0) is 56.7 Å². The minimum atomic E-state index is 0.180. The van der Waals surface area contributed by atoms with Crippen molar-refractivity contribution in [3.05, 3.63) is 21.9 Å². The fourth-order valence-corrected chi connectivity index (χ4v) is 4.67. The zero-order valence-electron chi connectivity index (χ0n) is 12.7. The molecule has 1 fully saturated rings. The molecule has 0 saturated heterocycles. The van der Waals surface area contributed by atoms with Gasteiger partial charge in [-0.15, -0.1) is 11.3 Å². The van der Waals surface area contributed by atoms with Crippen molar-refractivity contribution in [3.63, 3.8) is 0 Å². The topological polar surface area (TPSA) is 29.3 Å². The summed E-state index contributed by atoms with van der Waals surface area (Å²) in [6.45, 7) is 6.74. The van der Waals surface area contributed by atoms with Gasteiger partial charge in [0, 0.05) is 17.0 Å². The van der Waals surface area contributed by atoms with Gasteiger partial charge in [-0.1, -0.05) is 19.8 Å². The Hall–Kier alpha value is -0.380. The van der Waals surface area contributed by atoms with Crippen LogP contribution in [0.15, 0.2) is 11.4 Å². The molecule has 1 aromatic heterocycles. The molecule has 2 N–H and O–H groups in total. The summed E-state index contributed by atoms with van der Waals surface area (Å²) < 4.78 is 0. The highest BCUT2D eigenvalue weighted by Crippen LogP contribution is 2.35. The van der Waals surface area contributed by atoms with Crippen molar-refractivity contribution in [2.24, 2.45) is 11.7 Å². The van der Waals surface area contributed by atoms with Crippen LogP contribution in [0, 0.1) is 12.8 Å². The van der Waals surface area contributed by atoms with Crippen LogP contribution in [-0.2, 0) is 0 Å². The maximum atomic E-state index is 6.30. The first kappa shape index (κ1) is 15.0. The van der Waals surface area contributed by atoms with Crippen LogP contribution in [0.25, 0.3) is 0 Å². The Morgan fingerprint density at radius 2 is 2.16 bits per heavy atom. The van der Waals surface area contributed by atoms with E-state index in [2.05, 4.69) is 44.2 Å². The van der Waals surface area contributed by atoms with Crippen molar-refractivity contribution >= 4 is 11.3 Å². The lowest BCUT2D eigenvalue weighted by Crippen LogP contribution is -2.44. The van der Waals surface area contributed by atoms with E-state index in [0.717, 1.165) is 5.92 Å². The normalized spacial score (nSPS) is 27.5. The summed E-state index contributed by atoms with van der Waals surface area (Å²) in [5.41, 5.74) is 7.70. The van der Waals surface area contributed by atoms with Gasteiger partial charge in [-0.2, -0.15) is 0 Å². The third-order valence-corrected chi connectivity index (χ3v) is 5.68. The number of hydrogen-bond donors (Lipinski definition) is 1. The highest BCUT2D eigenvalue weighted by molar-refractivity contribution is 7.10. The van der Waals surface area contributed by atoms with Crippen LogP contribution in [0.1, 0.15) is 56.0 Å². The standard InChI is InChI=1S/C16H28N2S/c1-11-6-5-7-14(10-11)18(4)15(13(3)17)16-12(2)8-9-19-16/h8-9,11,13-15H,5-7,10,17H2,1-4H3. The minimum absolute atomic E-state index is 0.180.